The molecule has 0 saturated heterocycles. The highest BCUT2D eigenvalue weighted by molar-refractivity contribution is 9.10. The number of carbonyl (C=O) groups excluding carboxylic acids is 1. The van der Waals surface area contributed by atoms with Crippen LogP contribution < -0.4 is 10.1 Å². The van der Waals surface area contributed by atoms with Gasteiger partial charge in [-0.15, -0.1) is 10.2 Å². The maximum Gasteiger partial charge on any atom is 0.230 e. The van der Waals surface area contributed by atoms with Gasteiger partial charge in [-0.25, -0.2) is 0 Å². The topological polar surface area (TPSA) is 81.4 Å². The van der Waals surface area contributed by atoms with Gasteiger partial charge in [-0.05, 0) is 42.3 Å². The molecule has 0 bridgehead atoms. The van der Waals surface area contributed by atoms with Crippen LogP contribution in [-0.4, -0.2) is 45.1 Å². The van der Waals surface area contributed by atoms with Crippen LogP contribution in [0, 0.1) is 0 Å². The molecule has 0 spiro atoms. The van der Waals surface area contributed by atoms with Gasteiger partial charge < -0.3 is 10.1 Å². The van der Waals surface area contributed by atoms with Gasteiger partial charge in [0.25, 0.3) is 0 Å². The van der Waals surface area contributed by atoms with E-state index in [1.807, 2.05) is 60.7 Å². The SMILES string of the molecule is COc1ccccc1CCNC(=O)CSc1nnc2ccc(-c3ccc(Br)cc3)nn12. The molecule has 0 aliphatic heterocycles. The summed E-state index contributed by atoms with van der Waals surface area (Å²) in [5.74, 6) is 0.992. The monoisotopic (exact) mass is 497 g/mol. The second-order valence-electron chi connectivity index (χ2n) is 6.68. The van der Waals surface area contributed by atoms with E-state index in [9.17, 15) is 4.79 Å². The highest BCUT2D eigenvalue weighted by Gasteiger charge is 2.12. The van der Waals surface area contributed by atoms with Gasteiger partial charge >= 0.3 is 0 Å². The summed E-state index contributed by atoms with van der Waals surface area (Å²) in [6, 6.07) is 19.5. The number of nitrogens with one attached hydrogen (secondary N) is 1. The molecular formula is C22H20BrN5O2S. The van der Waals surface area contributed by atoms with Gasteiger partial charge in [-0.2, -0.15) is 9.61 Å². The number of aromatic nitrogens is 4. The molecule has 1 amide bonds. The van der Waals surface area contributed by atoms with Gasteiger partial charge in [0.05, 0.1) is 18.6 Å². The molecular weight excluding hydrogens is 478 g/mol. The van der Waals surface area contributed by atoms with Crippen molar-refractivity contribution < 1.29 is 9.53 Å². The summed E-state index contributed by atoms with van der Waals surface area (Å²) < 4.78 is 8.02. The van der Waals surface area contributed by atoms with Crippen LogP contribution in [0.4, 0.5) is 0 Å². The van der Waals surface area contributed by atoms with Crippen molar-refractivity contribution in [2.45, 2.75) is 11.6 Å². The van der Waals surface area contributed by atoms with Gasteiger partial charge in [0.2, 0.25) is 11.1 Å². The second kappa shape index (κ2) is 9.93. The number of thioether (sulfide) groups is 1. The molecule has 158 valence electrons. The van der Waals surface area contributed by atoms with Crippen molar-refractivity contribution in [1.82, 2.24) is 25.1 Å². The molecule has 0 aliphatic carbocycles. The Morgan fingerprint density at radius 2 is 1.90 bits per heavy atom. The Morgan fingerprint density at radius 3 is 2.71 bits per heavy atom. The molecule has 2 heterocycles. The maximum absolute atomic E-state index is 12.3. The van der Waals surface area contributed by atoms with Crippen LogP contribution in [0.15, 0.2) is 70.3 Å². The number of halogens is 1. The highest BCUT2D eigenvalue weighted by atomic mass is 79.9. The first-order chi connectivity index (χ1) is 15.1. The predicted octanol–water partition coefficient (Wildman–Crippen LogP) is 4.01. The lowest BCUT2D eigenvalue weighted by atomic mass is 10.1. The largest absolute Gasteiger partial charge is 0.496 e. The van der Waals surface area contributed by atoms with Crippen LogP contribution in [-0.2, 0) is 11.2 Å². The molecule has 0 aliphatic rings. The molecule has 4 aromatic rings. The molecule has 0 fully saturated rings. The summed E-state index contributed by atoms with van der Waals surface area (Å²) in [6.45, 7) is 0.534. The zero-order valence-corrected chi connectivity index (χ0v) is 19.2. The van der Waals surface area contributed by atoms with Crippen LogP contribution in [0.2, 0.25) is 0 Å². The summed E-state index contributed by atoms with van der Waals surface area (Å²) in [7, 11) is 1.65. The van der Waals surface area contributed by atoms with E-state index in [1.54, 1.807) is 11.6 Å². The minimum absolute atomic E-state index is 0.0688. The van der Waals surface area contributed by atoms with Crippen molar-refractivity contribution in [2.75, 3.05) is 19.4 Å². The van der Waals surface area contributed by atoms with Gasteiger partial charge in [-0.3, -0.25) is 4.79 Å². The Kier molecular flexibility index (Phi) is 6.83. The molecule has 0 unspecified atom stereocenters. The van der Waals surface area contributed by atoms with Crippen LogP contribution in [0.5, 0.6) is 5.75 Å². The number of para-hydroxylation sites is 1. The molecule has 7 nitrogen and oxygen atoms in total. The molecule has 1 N–H and O–H groups in total. The molecule has 2 aromatic heterocycles. The molecule has 31 heavy (non-hydrogen) atoms. The van der Waals surface area contributed by atoms with E-state index in [1.165, 1.54) is 11.8 Å². The molecule has 0 saturated carbocycles. The average molecular weight is 498 g/mol. The molecule has 0 atom stereocenters. The first-order valence-corrected chi connectivity index (χ1v) is 11.4. The predicted molar refractivity (Wildman–Crippen MR) is 124 cm³/mol. The Morgan fingerprint density at radius 1 is 1.10 bits per heavy atom. The Bertz CT molecular complexity index is 1200. The Hall–Kier alpha value is -2.91. The molecule has 2 aromatic carbocycles. The van der Waals surface area contributed by atoms with Crippen LogP contribution in [0.3, 0.4) is 0 Å². The fourth-order valence-corrected chi connectivity index (χ4v) is 4.04. The number of amides is 1. The van der Waals surface area contributed by atoms with Gasteiger partial charge in [0.1, 0.15) is 5.75 Å². The third-order valence-electron chi connectivity index (χ3n) is 4.62. The summed E-state index contributed by atoms with van der Waals surface area (Å²) in [5, 5.41) is 16.5. The Balaban J connectivity index is 1.36. The van der Waals surface area contributed by atoms with Crippen molar-refractivity contribution in [3.05, 3.63) is 70.7 Å². The average Bonchev–Trinajstić information content (AvgIpc) is 3.21. The summed E-state index contributed by atoms with van der Waals surface area (Å²) in [6.07, 6.45) is 0.701. The lowest BCUT2D eigenvalue weighted by Gasteiger charge is -2.09. The van der Waals surface area contributed by atoms with Crippen LogP contribution >= 0.6 is 27.7 Å². The molecule has 0 radical (unpaired) electrons. The fourth-order valence-electron chi connectivity index (χ4n) is 3.06. The first kappa shape index (κ1) is 21.3. The number of carbonyl (C=O) groups is 1. The minimum Gasteiger partial charge on any atom is -0.496 e. The van der Waals surface area contributed by atoms with Crippen LogP contribution in [0.25, 0.3) is 16.9 Å². The number of rotatable bonds is 8. The third-order valence-corrected chi connectivity index (χ3v) is 6.06. The quantitative estimate of drug-likeness (QED) is 0.370. The maximum atomic E-state index is 12.3. The number of hydrogen-bond acceptors (Lipinski definition) is 6. The van der Waals surface area contributed by atoms with Crippen molar-refractivity contribution in [3.8, 4) is 17.0 Å². The number of methoxy groups -OCH3 is 1. The zero-order valence-electron chi connectivity index (χ0n) is 16.8. The second-order valence-corrected chi connectivity index (χ2v) is 8.54. The summed E-state index contributed by atoms with van der Waals surface area (Å²) >= 11 is 4.75. The van der Waals surface area contributed by atoms with Crippen molar-refractivity contribution >= 4 is 39.2 Å². The van der Waals surface area contributed by atoms with Crippen LogP contribution in [0.1, 0.15) is 5.56 Å². The summed E-state index contributed by atoms with van der Waals surface area (Å²) in [4.78, 5) is 12.3. The number of nitrogens with zero attached hydrogens (tertiary/aromatic N) is 4. The third kappa shape index (κ3) is 5.23. The zero-order chi connectivity index (χ0) is 21.6. The van der Waals surface area contributed by atoms with E-state index < -0.39 is 0 Å². The lowest BCUT2D eigenvalue weighted by Crippen LogP contribution is -2.27. The fraction of sp³-hybridized carbons (Fsp3) is 0.182. The van der Waals surface area contributed by atoms with E-state index in [0.717, 1.165) is 27.0 Å². The smallest absolute Gasteiger partial charge is 0.230 e. The molecule has 4 rings (SSSR count). The van der Waals surface area contributed by atoms with E-state index in [2.05, 4.69) is 36.5 Å². The lowest BCUT2D eigenvalue weighted by molar-refractivity contribution is -0.118. The van der Waals surface area contributed by atoms with E-state index in [0.29, 0.717) is 23.8 Å². The number of benzene rings is 2. The number of ether oxygens (including phenoxy) is 1. The first-order valence-electron chi connectivity index (χ1n) is 9.64. The van der Waals surface area contributed by atoms with Gasteiger partial charge in [0, 0.05) is 16.6 Å². The van der Waals surface area contributed by atoms with Gasteiger partial charge in [0.15, 0.2) is 5.65 Å². The standard InChI is InChI=1S/C22H20BrN5O2S/c1-30-19-5-3-2-4-16(19)12-13-24-21(29)14-31-22-26-25-20-11-10-18(27-28(20)22)15-6-8-17(23)9-7-15/h2-11H,12-14H2,1H3,(H,24,29). The minimum atomic E-state index is -0.0688. The van der Waals surface area contributed by atoms with Gasteiger partial charge in [-0.1, -0.05) is 58.0 Å². The Labute approximate surface area is 192 Å². The summed E-state index contributed by atoms with van der Waals surface area (Å²) in [5.41, 5.74) is 3.50. The number of hydrogen-bond donors (Lipinski definition) is 1. The van der Waals surface area contributed by atoms with E-state index in [-0.39, 0.29) is 11.7 Å². The van der Waals surface area contributed by atoms with Crippen molar-refractivity contribution in [1.29, 1.82) is 0 Å². The van der Waals surface area contributed by atoms with E-state index >= 15 is 0 Å². The highest BCUT2D eigenvalue weighted by Crippen LogP contribution is 2.22. The van der Waals surface area contributed by atoms with E-state index in [4.69, 9.17) is 4.74 Å². The number of fused-ring (bicyclic) bond motifs is 1. The van der Waals surface area contributed by atoms with Crippen molar-refractivity contribution in [2.24, 2.45) is 0 Å². The van der Waals surface area contributed by atoms with Crippen molar-refractivity contribution in [3.63, 3.8) is 0 Å². The molecule has 9 heteroatoms. The normalized spacial score (nSPS) is 10.9.